The first-order valence-electron chi connectivity index (χ1n) is 7.16. The number of nitriles is 1. The Hall–Kier alpha value is -1.77. The van der Waals surface area contributed by atoms with Crippen LogP contribution in [0.5, 0.6) is 0 Å². The summed E-state index contributed by atoms with van der Waals surface area (Å²) < 4.78 is 38.2. The average Bonchev–Trinajstić information content (AvgIpc) is 2.47. The van der Waals surface area contributed by atoms with Crippen molar-refractivity contribution in [1.82, 2.24) is 4.98 Å². The Balaban J connectivity index is 2.19. The first-order chi connectivity index (χ1) is 9.91. The van der Waals surface area contributed by atoms with Crippen molar-refractivity contribution in [3.05, 3.63) is 23.4 Å². The van der Waals surface area contributed by atoms with Crippen LogP contribution in [-0.4, -0.2) is 11.0 Å². The molecule has 1 saturated carbocycles. The molecule has 1 aromatic heterocycles. The average molecular weight is 297 g/mol. The van der Waals surface area contributed by atoms with Crippen LogP contribution >= 0.6 is 0 Å². The van der Waals surface area contributed by atoms with E-state index < -0.39 is 11.9 Å². The number of anilines is 1. The fourth-order valence-corrected chi connectivity index (χ4v) is 2.78. The van der Waals surface area contributed by atoms with Gasteiger partial charge in [0.15, 0.2) is 0 Å². The zero-order valence-electron chi connectivity index (χ0n) is 11.9. The van der Waals surface area contributed by atoms with Crippen LogP contribution in [0.4, 0.5) is 19.0 Å². The van der Waals surface area contributed by atoms with Gasteiger partial charge in [-0.25, -0.2) is 4.98 Å². The monoisotopic (exact) mass is 297 g/mol. The lowest BCUT2D eigenvalue weighted by atomic mass is 9.84. The van der Waals surface area contributed by atoms with Gasteiger partial charge in [-0.3, -0.25) is 0 Å². The van der Waals surface area contributed by atoms with E-state index in [1.165, 1.54) is 12.5 Å². The van der Waals surface area contributed by atoms with Gasteiger partial charge in [0.1, 0.15) is 17.6 Å². The number of rotatable bonds is 3. The van der Waals surface area contributed by atoms with Crippen molar-refractivity contribution < 1.29 is 13.2 Å². The van der Waals surface area contributed by atoms with Crippen molar-refractivity contribution in [2.75, 3.05) is 5.32 Å². The van der Waals surface area contributed by atoms with Crippen molar-refractivity contribution >= 4 is 5.82 Å². The summed E-state index contributed by atoms with van der Waals surface area (Å²) in [6.07, 6.45) is 1.15. The van der Waals surface area contributed by atoms with E-state index in [0.29, 0.717) is 5.92 Å². The molecule has 2 rings (SSSR count). The van der Waals surface area contributed by atoms with E-state index in [-0.39, 0.29) is 17.4 Å². The number of nitrogens with one attached hydrogen (secondary N) is 1. The van der Waals surface area contributed by atoms with E-state index in [2.05, 4.69) is 10.3 Å². The van der Waals surface area contributed by atoms with Gasteiger partial charge >= 0.3 is 6.18 Å². The van der Waals surface area contributed by atoms with Gasteiger partial charge in [-0.15, -0.1) is 0 Å². The van der Waals surface area contributed by atoms with Gasteiger partial charge < -0.3 is 5.32 Å². The Morgan fingerprint density at radius 1 is 1.29 bits per heavy atom. The molecule has 1 aromatic rings. The Kier molecular flexibility index (Phi) is 4.71. The molecule has 1 N–H and O–H groups in total. The van der Waals surface area contributed by atoms with Crippen LogP contribution < -0.4 is 5.32 Å². The molecule has 0 amide bonds. The van der Waals surface area contributed by atoms with Crippen LogP contribution in [0.3, 0.4) is 0 Å². The summed E-state index contributed by atoms with van der Waals surface area (Å²) in [5, 5.41) is 12.0. The van der Waals surface area contributed by atoms with Crippen LogP contribution in [0, 0.1) is 17.2 Å². The van der Waals surface area contributed by atoms with Crippen LogP contribution in [0.15, 0.2) is 12.1 Å². The minimum atomic E-state index is -4.50. The van der Waals surface area contributed by atoms with E-state index in [1.807, 2.05) is 13.0 Å². The van der Waals surface area contributed by atoms with Crippen LogP contribution in [0.1, 0.15) is 50.3 Å². The molecule has 3 nitrogen and oxygen atoms in total. The highest BCUT2D eigenvalue weighted by Gasteiger charge is 2.33. The Morgan fingerprint density at radius 3 is 2.52 bits per heavy atom. The van der Waals surface area contributed by atoms with Crippen molar-refractivity contribution in [3.8, 4) is 6.07 Å². The highest BCUT2D eigenvalue weighted by molar-refractivity contribution is 5.53. The summed E-state index contributed by atoms with van der Waals surface area (Å²) in [6.45, 7) is 1.94. The van der Waals surface area contributed by atoms with Crippen molar-refractivity contribution in [2.45, 2.75) is 51.2 Å². The number of nitrogens with zero attached hydrogens (tertiary/aromatic N) is 2. The van der Waals surface area contributed by atoms with E-state index in [0.717, 1.165) is 31.7 Å². The van der Waals surface area contributed by atoms with Crippen LogP contribution in [0.2, 0.25) is 0 Å². The third-order valence-electron chi connectivity index (χ3n) is 4.03. The lowest BCUT2D eigenvalue weighted by Crippen LogP contribution is -2.28. The van der Waals surface area contributed by atoms with E-state index in [9.17, 15) is 13.2 Å². The summed E-state index contributed by atoms with van der Waals surface area (Å²) in [5.41, 5.74) is -0.828. The Morgan fingerprint density at radius 2 is 1.95 bits per heavy atom. The van der Waals surface area contributed by atoms with Crippen LogP contribution in [-0.2, 0) is 6.18 Å². The second kappa shape index (κ2) is 6.33. The highest BCUT2D eigenvalue weighted by atomic mass is 19.4. The molecule has 1 unspecified atom stereocenters. The second-order valence-electron chi connectivity index (χ2n) is 5.53. The first kappa shape index (κ1) is 15.6. The summed E-state index contributed by atoms with van der Waals surface area (Å²) in [6, 6.07) is 3.91. The first-order valence-corrected chi connectivity index (χ1v) is 7.16. The number of hydrogen-bond acceptors (Lipinski definition) is 3. The van der Waals surface area contributed by atoms with Crippen molar-refractivity contribution in [3.63, 3.8) is 0 Å². The normalized spacial score (nSPS) is 18.0. The molecule has 21 heavy (non-hydrogen) atoms. The van der Waals surface area contributed by atoms with Crippen molar-refractivity contribution in [1.29, 1.82) is 5.26 Å². The molecule has 0 aromatic carbocycles. The molecule has 0 saturated heterocycles. The predicted octanol–water partition coefficient (Wildman–Crippen LogP) is 4.35. The SMILES string of the molecule is CC(Nc1nc(C(F)(F)F)ccc1C#N)C1CCCCC1. The van der Waals surface area contributed by atoms with Gasteiger partial charge in [0, 0.05) is 6.04 Å². The summed E-state index contributed by atoms with van der Waals surface area (Å²) in [5.74, 6) is 0.451. The lowest BCUT2D eigenvalue weighted by molar-refractivity contribution is -0.141. The lowest BCUT2D eigenvalue weighted by Gasteiger charge is -2.29. The van der Waals surface area contributed by atoms with E-state index in [1.54, 1.807) is 0 Å². The fraction of sp³-hybridized carbons (Fsp3) is 0.600. The van der Waals surface area contributed by atoms with Crippen molar-refractivity contribution in [2.24, 2.45) is 5.92 Å². The largest absolute Gasteiger partial charge is 0.433 e. The van der Waals surface area contributed by atoms with Gasteiger partial charge in [-0.2, -0.15) is 18.4 Å². The number of pyridine rings is 1. The topological polar surface area (TPSA) is 48.7 Å². The van der Waals surface area contributed by atoms with E-state index >= 15 is 0 Å². The minimum Gasteiger partial charge on any atom is -0.366 e. The molecule has 0 spiro atoms. The summed E-state index contributed by atoms with van der Waals surface area (Å²) >= 11 is 0. The molecule has 1 aliphatic rings. The highest BCUT2D eigenvalue weighted by Crippen LogP contribution is 2.31. The number of aromatic nitrogens is 1. The third-order valence-corrected chi connectivity index (χ3v) is 4.03. The molecular formula is C15H18F3N3. The van der Waals surface area contributed by atoms with Gasteiger partial charge in [-0.1, -0.05) is 19.3 Å². The Labute approximate surface area is 122 Å². The minimum absolute atomic E-state index is 0.00776. The molecule has 0 aliphatic heterocycles. The maximum Gasteiger partial charge on any atom is 0.433 e. The zero-order chi connectivity index (χ0) is 15.5. The number of alkyl halides is 3. The fourth-order valence-electron chi connectivity index (χ4n) is 2.78. The molecule has 1 heterocycles. The zero-order valence-corrected chi connectivity index (χ0v) is 11.9. The maximum absolute atomic E-state index is 12.7. The predicted molar refractivity (Wildman–Crippen MR) is 73.6 cm³/mol. The Bertz CT molecular complexity index is 528. The number of hydrogen-bond donors (Lipinski definition) is 1. The second-order valence-corrected chi connectivity index (χ2v) is 5.53. The van der Waals surface area contributed by atoms with Gasteiger partial charge in [0.05, 0.1) is 5.56 Å². The molecule has 1 fully saturated rings. The smallest absolute Gasteiger partial charge is 0.366 e. The summed E-state index contributed by atoms with van der Waals surface area (Å²) in [4.78, 5) is 3.59. The third kappa shape index (κ3) is 3.87. The molecule has 1 atom stereocenters. The molecule has 6 heteroatoms. The molecular weight excluding hydrogens is 279 g/mol. The molecule has 1 aliphatic carbocycles. The quantitative estimate of drug-likeness (QED) is 0.902. The standard InChI is InChI=1S/C15H18F3N3/c1-10(11-5-3-2-4-6-11)20-14-12(9-19)7-8-13(21-14)15(16,17)18/h7-8,10-11H,2-6H2,1H3,(H,20,21). The van der Waals surface area contributed by atoms with Gasteiger partial charge in [0.2, 0.25) is 0 Å². The van der Waals surface area contributed by atoms with Crippen LogP contribution in [0.25, 0.3) is 0 Å². The van der Waals surface area contributed by atoms with Gasteiger partial charge in [0.25, 0.3) is 0 Å². The van der Waals surface area contributed by atoms with E-state index in [4.69, 9.17) is 5.26 Å². The van der Waals surface area contributed by atoms with Gasteiger partial charge in [-0.05, 0) is 37.8 Å². The summed E-state index contributed by atoms with van der Waals surface area (Å²) in [7, 11) is 0. The maximum atomic E-state index is 12.7. The molecule has 114 valence electrons. The number of halogens is 3. The molecule has 0 radical (unpaired) electrons. The molecule has 0 bridgehead atoms.